The van der Waals surface area contributed by atoms with Gasteiger partial charge in [-0.25, -0.2) is 0 Å². The van der Waals surface area contributed by atoms with E-state index in [1.54, 1.807) is 11.3 Å². The fourth-order valence-corrected chi connectivity index (χ4v) is 5.47. The molecule has 6 heteroatoms. The average Bonchev–Trinajstić information content (AvgIpc) is 3.42. The quantitative estimate of drug-likeness (QED) is 0.282. The van der Waals surface area contributed by atoms with Crippen LogP contribution in [0.25, 0.3) is 21.5 Å². The number of hydrogen-bond acceptors (Lipinski definition) is 4. The molecule has 0 aliphatic heterocycles. The predicted molar refractivity (Wildman–Crippen MR) is 131 cm³/mol. The molecule has 0 radical (unpaired) electrons. The second-order valence-electron chi connectivity index (χ2n) is 8.88. The highest BCUT2D eigenvalue weighted by Crippen LogP contribution is 2.42. The van der Waals surface area contributed by atoms with Crippen LogP contribution < -0.4 is 0 Å². The van der Waals surface area contributed by atoms with E-state index >= 15 is 0 Å². The first-order valence-electron chi connectivity index (χ1n) is 11.0. The summed E-state index contributed by atoms with van der Waals surface area (Å²) < 4.78 is 6.03. The Balaban J connectivity index is 1.75. The number of nitrogens with one attached hydrogen (secondary N) is 1. The average molecular weight is 456 g/mol. The summed E-state index contributed by atoms with van der Waals surface area (Å²) in [6.07, 6.45) is 3.84. The summed E-state index contributed by atoms with van der Waals surface area (Å²) in [5, 5.41) is 9.88. The summed E-state index contributed by atoms with van der Waals surface area (Å²) in [7, 11) is 0. The highest BCUT2D eigenvalue weighted by Gasteiger charge is 2.32. The first-order chi connectivity index (χ1) is 14.8. The number of benzene rings is 1. The smallest absolute Gasteiger partial charge is 0.227 e. The minimum atomic E-state index is -0.347. The largest absolute Gasteiger partial charge is 0.424 e. The van der Waals surface area contributed by atoms with Crippen LogP contribution in [-0.4, -0.2) is 21.1 Å². The zero-order valence-electron chi connectivity index (χ0n) is 18.9. The third kappa shape index (κ3) is 4.31. The minimum absolute atomic E-state index is 0.347. The summed E-state index contributed by atoms with van der Waals surface area (Å²) in [5.74, 6) is 1.99. The lowest BCUT2D eigenvalue weighted by Crippen LogP contribution is -2.17. The number of unbranched alkanes of at least 4 members (excludes halogenated alkanes) is 1. The van der Waals surface area contributed by atoms with E-state index in [1.165, 1.54) is 43.0 Å². The number of alkyl halides is 1. The molecule has 0 spiro atoms. The van der Waals surface area contributed by atoms with Gasteiger partial charge in [0.25, 0.3) is 0 Å². The molecular formula is C25H30ClN3OS. The van der Waals surface area contributed by atoms with E-state index in [0.717, 1.165) is 31.6 Å². The Morgan fingerprint density at radius 3 is 2.48 bits per heavy atom. The van der Waals surface area contributed by atoms with E-state index in [-0.39, 0.29) is 5.41 Å². The van der Waals surface area contributed by atoms with E-state index in [4.69, 9.17) is 16.0 Å². The lowest BCUT2D eigenvalue weighted by molar-refractivity contribution is 0.388. The van der Waals surface area contributed by atoms with Gasteiger partial charge in [0, 0.05) is 22.6 Å². The Bertz CT molecular complexity index is 1180. The van der Waals surface area contributed by atoms with Crippen molar-refractivity contribution in [2.24, 2.45) is 0 Å². The van der Waals surface area contributed by atoms with Crippen molar-refractivity contribution in [1.29, 1.82) is 0 Å². The molecular weight excluding hydrogens is 426 g/mol. The second kappa shape index (κ2) is 8.79. The van der Waals surface area contributed by atoms with Gasteiger partial charge in [0.05, 0.1) is 11.1 Å². The monoisotopic (exact) mass is 455 g/mol. The topological polar surface area (TPSA) is 54.7 Å². The minimum Gasteiger partial charge on any atom is -0.424 e. The second-order valence-corrected chi connectivity index (χ2v) is 10.3. The lowest BCUT2D eigenvalue weighted by atomic mass is 9.91. The normalized spacial score (nSPS) is 12.2. The van der Waals surface area contributed by atoms with Crippen molar-refractivity contribution in [3.63, 3.8) is 0 Å². The van der Waals surface area contributed by atoms with Crippen LogP contribution in [0.4, 0.5) is 0 Å². The number of H-pyrrole nitrogens is 1. The molecule has 0 saturated heterocycles. The number of halogens is 1. The van der Waals surface area contributed by atoms with Crippen molar-refractivity contribution in [2.75, 3.05) is 5.88 Å². The molecule has 0 unspecified atom stereocenters. The zero-order valence-corrected chi connectivity index (χ0v) is 20.5. The molecule has 4 nitrogen and oxygen atoms in total. The molecule has 0 aliphatic carbocycles. The highest BCUT2D eigenvalue weighted by atomic mass is 35.5. The van der Waals surface area contributed by atoms with Crippen LogP contribution in [-0.2, 0) is 18.3 Å². The number of nitrogens with zero attached hydrogens (tertiary/aromatic N) is 2. The van der Waals surface area contributed by atoms with Gasteiger partial charge in [-0.05, 0) is 69.9 Å². The van der Waals surface area contributed by atoms with Crippen molar-refractivity contribution < 1.29 is 4.42 Å². The third-order valence-electron chi connectivity index (χ3n) is 5.81. The van der Waals surface area contributed by atoms with Gasteiger partial charge in [0.1, 0.15) is 4.83 Å². The molecule has 0 fully saturated rings. The molecule has 3 heterocycles. The molecule has 4 rings (SSSR count). The van der Waals surface area contributed by atoms with Crippen molar-refractivity contribution in [3.8, 4) is 11.3 Å². The number of rotatable bonds is 8. The van der Waals surface area contributed by atoms with E-state index in [9.17, 15) is 0 Å². The summed E-state index contributed by atoms with van der Waals surface area (Å²) in [6, 6.07) is 8.96. The van der Waals surface area contributed by atoms with Gasteiger partial charge in [-0.3, -0.25) is 0 Å². The Hall–Kier alpha value is -2.11. The molecule has 0 amide bonds. The first-order valence-corrected chi connectivity index (χ1v) is 12.3. The van der Waals surface area contributed by atoms with E-state index < -0.39 is 0 Å². The fraction of sp³-hybridized carbons (Fsp3) is 0.440. The molecule has 0 aliphatic rings. The van der Waals surface area contributed by atoms with Gasteiger partial charge >= 0.3 is 0 Å². The molecule has 0 bridgehead atoms. The molecule has 3 aromatic heterocycles. The summed E-state index contributed by atoms with van der Waals surface area (Å²) in [4.78, 5) is 6.07. The van der Waals surface area contributed by atoms with Gasteiger partial charge in [0.15, 0.2) is 0 Å². The third-order valence-corrected chi connectivity index (χ3v) is 7.38. The van der Waals surface area contributed by atoms with Crippen molar-refractivity contribution >= 4 is 33.2 Å². The van der Waals surface area contributed by atoms with Crippen molar-refractivity contribution in [3.05, 3.63) is 57.6 Å². The highest BCUT2D eigenvalue weighted by molar-refractivity contribution is 7.18. The van der Waals surface area contributed by atoms with E-state index in [2.05, 4.69) is 74.1 Å². The zero-order chi connectivity index (χ0) is 22.2. The SMILES string of the molecule is CCCCc1nnc(C(C)(C)c2cc3c(CCCl)c(-c4cc(C)cc(C)c4)[nH]c3s2)o1. The predicted octanol–water partition coefficient (Wildman–Crippen LogP) is 7.35. The molecule has 0 atom stereocenters. The fourth-order valence-electron chi connectivity index (χ4n) is 4.10. The number of aromatic amines is 1. The van der Waals surface area contributed by atoms with E-state index in [0.29, 0.717) is 11.8 Å². The molecule has 4 aromatic rings. The van der Waals surface area contributed by atoms with Crippen LogP contribution in [0, 0.1) is 13.8 Å². The van der Waals surface area contributed by atoms with Gasteiger partial charge in [0.2, 0.25) is 11.8 Å². The summed E-state index contributed by atoms with van der Waals surface area (Å²) in [6.45, 7) is 10.8. The Labute approximate surface area is 193 Å². The van der Waals surface area contributed by atoms with E-state index in [1.807, 2.05) is 0 Å². The Morgan fingerprint density at radius 1 is 1.06 bits per heavy atom. The molecule has 164 valence electrons. The molecule has 1 aromatic carbocycles. The maximum Gasteiger partial charge on any atom is 0.227 e. The maximum atomic E-state index is 6.21. The molecule has 31 heavy (non-hydrogen) atoms. The number of fused-ring (bicyclic) bond motifs is 1. The van der Waals surface area contributed by atoms with Crippen LogP contribution >= 0.6 is 22.9 Å². The van der Waals surface area contributed by atoms with Crippen molar-refractivity contribution in [1.82, 2.24) is 15.2 Å². The lowest BCUT2D eigenvalue weighted by Gasteiger charge is -2.18. The van der Waals surface area contributed by atoms with Crippen LogP contribution in [0.3, 0.4) is 0 Å². The summed E-state index contributed by atoms with van der Waals surface area (Å²) >= 11 is 7.97. The number of thiophene rings is 1. The van der Waals surface area contributed by atoms with Crippen LogP contribution in [0.2, 0.25) is 0 Å². The van der Waals surface area contributed by atoms with Crippen LogP contribution in [0.15, 0.2) is 28.7 Å². The van der Waals surface area contributed by atoms with Gasteiger partial charge in [-0.2, -0.15) is 0 Å². The molecule has 0 saturated carbocycles. The Morgan fingerprint density at radius 2 is 1.81 bits per heavy atom. The number of aryl methyl sites for hydroxylation is 4. The van der Waals surface area contributed by atoms with Crippen LogP contribution in [0.1, 0.15) is 67.0 Å². The number of hydrogen-bond donors (Lipinski definition) is 1. The van der Waals surface area contributed by atoms with Crippen LogP contribution in [0.5, 0.6) is 0 Å². The van der Waals surface area contributed by atoms with Crippen molar-refractivity contribution in [2.45, 2.75) is 65.7 Å². The molecule has 1 N–H and O–H groups in total. The number of aromatic nitrogens is 3. The van der Waals surface area contributed by atoms with Gasteiger partial charge in [-0.1, -0.05) is 30.5 Å². The van der Waals surface area contributed by atoms with Gasteiger partial charge < -0.3 is 9.40 Å². The standard InChI is InChI=1S/C25H30ClN3OS/c1-6-7-8-21-28-29-24(30-21)25(4,5)20-14-19-18(9-10-26)22(27-23(19)31-20)17-12-15(2)11-16(3)13-17/h11-14,27H,6-10H2,1-5H3. The maximum absolute atomic E-state index is 6.21. The summed E-state index contributed by atoms with van der Waals surface area (Å²) in [5.41, 5.74) is 5.86. The first kappa shape index (κ1) is 22.1. The van der Waals surface area contributed by atoms with Gasteiger partial charge in [-0.15, -0.1) is 33.1 Å². The Kier molecular flexibility index (Phi) is 6.27.